The zero-order valence-corrected chi connectivity index (χ0v) is 10.3. The smallest absolute Gasteiger partial charge is 0.130 e. The summed E-state index contributed by atoms with van der Waals surface area (Å²) in [5.41, 5.74) is 2.22. The average molecular weight is 204 g/mol. The number of hydrogen-bond donors (Lipinski definition) is 0. The molecule has 1 aliphatic heterocycles. The predicted molar refractivity (Wildman–Crippen MR) is 66.3 cm³/mol. The van der Waals surface area contributed by atoms with Crippen LogP contribution in [-0.2, 0) is 0 Å². The summed E-state index contributed by atoms with van der Waals surface area (Å²) >= 11 is 0. The topological polar surface area (TPSA) is 9.23 Å². The van der Waals surface area contributed by atoms with Gasteiger partial charge in [-0.1, -0.05) is 38.1 Å². The fourth-order valence-corrected chi connectivity index (χ4v) is 1.53. The average Bonchev–Trinajstić information content (AvgIpc) is 2.22. The lowest BCUT2D eigenvalue weighted by atomic mass is 10.0. The Morgan fingerprint density at radius 3 is 2.47 bits per heavy atom. The minimum absolute atomic E-state index is 0.168. The maximum Gasteiger partial charge on any atom is 0.130 e. The van der Waals surface area contributed by atoms with Crippen molar-refractivity contribution < 1.29 is 4.74 Å². The molecule has 0 saturated heterocycles. The molecule has 1 aromatic carbocycles. The van der Waals surface area contributed by atoms with Crippen LogP contribution in [0.3, 0.4) is 0 Å². The molecule has 1 heteroatoms. The van der Waals surface area contributed by atoms with Gasteiger partial charge >= 0.3 is 0 Å². The molecule has 0 spiro atoms. The molecule has 15 heavy (non-hydrogen) atoms. The van der Waals surface area contributed by atoms with Crippen LogP contribution in [0.25, 0.3) is 6.08 Å². The van der Waals surface area contributed by atoms with Crippen LogP contribution >= 0.6 is 0 Å². The fraction of sp³-hybridized carbons (Fsp3) is 0.429. The van der Waals surface area contributed by atoms with Gasteiger partial charge in [0.25, 0.3) is 0 Å². The van der Waals surface area contributed by atoms with E-state index in [0.717, 1.165) is 5.75 Å². The summed E-state index contributed by atoms with van der Waals surface area (Å²) in [6, 6.07) is 6.21. The van der Waals surface area contributed by atoms with Crippen molar-refractivity contribution in [3.8, 4) is 5.75 Å². The molecule has 0 aromatic heterocycles. The number of fused-ring (bicyclic) bond motifs is 1. The standard InChI is InChI=1S/C12H14O.C2H6/c1-9-5-4-6-10-7-8-12(2,3)13-11(9)10;1-2/h4-8H,1-3H3;1-2H3. The highest BCUT2D eigenvalue weighted by atomic mass is 16.5. The summed E-state index contributed by atoms with van der Waals surface area (Å²) < 4.78 is 5.86. The molecule has 0 amide bonds. The van der Waals surface area contributed by atoms with Gasteiger partial charge in [-0.3, -0.25) is 0 Å². The first-order chi connectivity index (χ1) is 7.08. The minimum atomic E-state index is -0.168. The Bertz CT molecular complexity index is 362. The normalized spacial score (nSPS) is 15.8. The molecule has 0 bridgehead atoms. The van der Waals surface area contributed by atoms with Crippen molar-refractivity contribution in [2.24, 2.45) is 0 Å². The molecule has 2 rings (SSSR count). The SMILES string of the molecule is CC.Cc1cccc2c1OC(C)(C)C=C2. The van der Waals surface area contributed by atoms with Gasteiger partial charge in [-0.2, -0.15) is 0 Å². The van der Waals surface area contributed by atoms with Crippen molar-refractivity contribution in [1.29, 1.82) is 0 Å². The third-order valence-electron chi connectivity index (χ3n) is 2.27. The van der Waals surface area contributed by atoms with E-state index in [2.05, 4.69) is 51.1 Å². The predicted octanol–water partition coefficient (Wildman–Crippen LogP) is 4.21. The molecule has 82 valence electrons. The van der Waals surface area contributed by atoms with Crippen molar-refractivity contribution in [2.45, 2.75) is 40.2 Å². The van der Waals surface area contributed by atoms with Crippen LogP contribution in [0, 0.1) is 6.92 Å². The molecule has 1 aromatic rings. The van der Waals surface area contributed by atoms with Crippen LogP contribution < -0.4 is 4.74 Å². The van der Waals surface area contributed by atoms with E-state index in [1.165, 1.54) is 11.1 Å². The van der Waals surface area contributed by atoms with Gasteiger partial charge in [0.15, 0.2) is 0 Å². The molecule has 1 heterocycles. The summed E-state index contributed by atoms with van der Waals surface area (Å²) in [4.78, 5) is 0. The first-order valence-corrected chi connectivity index (χ1v) is 5.56. The van der Waals surface area contributed by atoms with E-state index in [1.54, 1.807) is 0 Å². The van der Waals surface area contributed by atoms with Crippen LogP contribution in [0.1, 0.15) is 38.8 Å². The monoisotopic (exact) mass is 204 g/mol. The van der Waals surface area contributed by atoms with Gasteiger partial charge in [-0.05, 0) is 32.4 Å². The van der Waals surface area contributed by atoms with Crippen LogP contribution in [0.4, 0.5) is 0 Å². The molecular weight excluding hydrogens is 184 g/mol. The maximum atomic E-state index is 5.86. The van der Waals surface area contributed by atoms with Gasteiger partial charge < -0.3 is 4.74 Å². The number of benzene rings is 1. The highest BCUT2D eigenvalue weighted by Crippen LogP contribution is 2.33. The number of hydrogen-bond acceptors (Lipinski definition) is 1. The van der Waals surface area contributed by atoms with Gasteiger partial charge in [0, 0.05) is 5.56 Å². The Balaban J connectivity index is 0.000000531. The molecule has 1 aliphatic rings. The third-order valence-corrected chi connectivity index (χ3v) is 2.27. The largest absolute Gasteiger partial charge is 0.483 e. The van der Waals surface area contributed by atoms with Crippen molar-refractivity contribution in [1.82, 2.24) is 0 Å². The summed E-state index contributed by atoms with van der Waals surface area (Å²) in [7, 11) is 0. The molecule has 0 atom stereocenters. The third kappa shape index (κ3) is 2.62. The lowest BCUT2D eigenvalue weighted by Crippen LogP contribution is -2.27. The molecule has 0 N–H and O–H groups in total. The van der Waals surface area contributed by atoms with Crippen molar-refractivity contribution in [3.63, 3.8) is 0 Å². The Labute approximate surface area is 92.8 Å². The molecule has 0 fully saturated rings. The number of aryl methyl sites for hydroxylation is 1. The molecule has 0 aliphatic carbocycles. The number of rotatable bonds is 0. The Morgan fingerprint density at radius 1 is 1.13 bits per heavy atom. The van der Waals surface area contributed by atoms with Crippen LogP contribution in [0.2, 0.25) is 0 Å². The van der Waals surface area contributed by atoms with Gasteiger partial charge in [-0.15, -0.1) is 0 Å². The molecule has 0 radical (unpaired) electrons. The summed E-state index contributed by atoms with van der Waals surface area (Å²) in [6.07, 6.45) is 4.22. The lowest BCUT2D eigenvalue weighted by Gasteiger charge is -2.28. The van der Waals surface area contributed by atoms with E-state index in [9.17, 15) is 0 Å². The van der Waals surface area contributed by atoms with E-state index in [1.807, 2.05) is 13.8 Å². The highest BCUT2D eigenvalue weighted by Gasteiger charge is 2.22. The van der Waals surface area contributed by atoms with E-state index in [0.29, 0.717) is 0 Å². The fourth-order valence-electron chi connectivity index (χ4n) is 1.53. The van der Waals surface area contributed by atoms with E-state index in [4.69, 9.17) is 4.74 Å². The molecule has 0 saturated carbocycles. The second-order valence-corrected chi connectivity index (χ2v) is 4.03. The van der Waals surface area contributed by atoms with Crippen LogP contribution in [-0.4, -0.2) is 5.60 Å². The second kappa shape index (κ2) is 4.52. The summed E-state index contributed by atoms with van der Waals surface area (Å²) in [5.74, 6) is 1.02. The minimum Gasteiger partial charge on any atom is -0.483 e. The first kappa shape index (κ1) is 11.8. The van der Waals surface area contributed by atoms with Crippen LogP contribution in [0.15, 0.2) is 24.3 Å². The van der Waals surface area contributed by atoms with Gasteiger partial charge in [-0.25, -0.2) is 0 Å². The molecule has 1 nitrogen and oxygen atoms in total. The molecule has 0 unspecified atom stereocenters. The summed E-state index contributed by atoms with van der Waals surface area (Å²) in [5, 5.41) is 0. The van der Waals surface area contributed by atoms with E-state index in [-0.39, 0.29) is 5.60 Å². The Hall–Kier alpha value is -1.24. The zero-order chi connectivity index (χ0) is 11.5. The Morgan fingerprint density at radius 2 is 1.80 bits per heavy atom. The quantitative estimate of drug-likeness (QED) is 0.615. The van der Waals surface area contributed by atoms with Gasteiger partial charge in [0.05, 0.1) is 0 Å². The number of para-hydroxylation sites is 1. The number of ether oxygens (including phenoxy) is 1. The van der Waals surface area contributed by atoms with Gasteiger partial charge in [0.2, 0.25) is 0 Å². The maximum absolute atomic E-state index is 5.86. The summed E-state index contributed by atoms with van der Waals surface area (Å²) in [6.45, 7) is 10.2. The highest BCUT2D eigenvalue weighted by molar-refractivity contribution is 5.62. The Kier molecular flexibility index (Phi) is 3.57. The lowest BCUT2D eigenvalue weighted by molar-refractivity contribution is 0.158. The zero-order valence-electron chi connectivity index (χ0n) is 10.3. The van der Waals surface area contributed by atoms with Gasteiger partial charge in [0.1, 0.15) is 11.4 Å². The van der Waals surface area contributed by atoms with Crippen molar-refractivity contribution in [3.05, 3.63) is 35.4 Å². The second-order valence-electron chi connectivity index (χ2n) is 4.03. The van der Waals surface area contributed by atoms with Crippen LogP contribution in [0.5, 0.6) is 5.75 Å². The van der Waals surface area contributed by atoms with E-state index >= 15 is 0 Å². The van der Waals surface area contributed by atoms with E-state index < -0.39 is 0 Å². The van der Waals surface area contributed by atoms with Crippen molar-refractivity contribution >= 4 is 6.08 Å². The van der Waals surface area contributed by atoms with Crippen molar-refractivity contribution in [2.75, 3.05) is 0 Å². The molecular formula is C14H20O. The first-order valence-electron chi connectivity index (χ1n) is 5.56.